The van der Waals surface area contributed by atoms with Gasteiger partial charge in [0.1, 0.15) is 0 Å². The summed E-state index contributed by atoms with van der Waals surface area (Å²) in [6.07, 6.45) is 3.23. The minimum absolute atomic E-state index is 0.654. The van der Waals surface area contributed by atoms with Crippen LogP contribution in [0.2, 0.25) is 6.04 Å². The number of unbranched alkanes of at least 4 members (excludes halogenated alkanes) is 1. The summed E-state index contributed by atoms with van der Waals surface area (Å²) in [5.41, 5.74) is 5.44. The molecule has 5 nitrogen and oxygen atoms in total. The molecule has 0 amide bonds. The van der Waals surface area contributed by atoms with Crippen molar-refractivity contribution in [1.29, 1.82) is 0 Å². The lowest BCUT2D eigenvalue weighted by atomic mass is 10.3. The van der Waals surface area contributed by atoms with Crippen molar-refractivity contribution in [3.8, 4) is 0 Å². The highest BCUT2D eigenvalue weighted by atomic mass is 28.4. The molecule has 6 heteroatoms. The molecule has 0 rings (SSSR count). The molecule has 0 aliphatic heterocycles. The maximum atomic E-state index is 5.81. The first-order chi connectivity index (χ1) is 9.24. The second-order valence-electron chi connectivity index (χ2n) is 4.33. The van der Waals surface area contributed by atoms with Crippen molar-refractivity contribution in [2.24, 2.45) is 5.73 Å². The highest BCUT2D eigenvalue weighted by molar-refractivity contribution is 6.60. The molecule has 0 fully saturated rings. The molecule has 3 N–H and O–H groups in total. The van der Waals surface area contributed by atoms with Gasteiger partial charge >= 0.3 is 8.80 Å². The SMILES string of the molecule is CCO[Si](CCCCNCCCN)(OCC)OCC. The second kappa shape index (κ2) is 13.0. The molecule has 0 spiro atoms. The van der Waals surface area contributed by atoms with E-state index < -0.39 is 8.80 Å². The standard InChI is InChI=1S/C13H32N2O3Si/c1-4-16-19(17-5-2,18-6-3)13-8-7-11-15-12-9-10-14/h15H,4-14H2,1-3H3. The van der Waals surface area contributed by atoms with Crippen LogP contribution in [0.25, 0.3) is 0 Å². The van der Waals surface area contributed by atoms with Crippen molar-refractivity contribution < 1.29 is 13.3 Å². The van der Waals surface area contributed by atoms with Crippen LogP contribution in [-0.4, -0.2) is 48.3 Å². The molecule has 0 heterocycles. The molecular formula is C13H32N2O3Si. The lowest BCUT2D eigenvalue weighted by Crippen LogP contribution is -2.46. The Morgan fingerprint density at radius 3 is 1.84 bits per heavy atom. The third-order valence-corrected chi connectivity index (χ3v) is 5.89. The molecule has 0 aromatic heterocycles. The van der Waals surface area contributed by atoms with Crippen LogP contribution in [-0.2, 0) is 13.3 Å². The predicted molar refractivity (Wildman–Crippen MR) is 81.2 cm³/mol. The minimum atomic E-state index is -2.42. The quantitative estimate of drug-likeness (QED) is 0.377. The van der Waals surface area contributed by atoms with Gasteiger partial charge in [-0.15, -0.1) is 0 Å². The van der Waals surface area contributed by atoms with E-state index in [-0.39, 0.29) is 0 Å². The molecule has 0 radical (unpaired) electrons. The van der Waals surface area contributed by atoms with Gasteiger partial charge < -0.3 is 24.3 Å². The van der Waals surface area contributed by atoms with Crippen LogP contribution in [0.3, 0.4) is 0 Å². The van der Waals surface area contributed by atoms with Gasteiger partial charge in [-0.2, -0.15) is 0 Å². The van der Waals surface area contributed by atoms with Gasteiger partial charge in [-0.25, -0.2) is 0 Å². The van der Waals surface area contributed by atoms with E-state index in [2.05, 4.69) is 5.32 Å². The van der Waals surface area contributed by atoms with E-state index in [0.717, 1.165) is 44.9 Å². The van der Waals surface area contributed by atoms with E-state index >= 15 is 0 Å². The number of hydrogen-bond donors (Lipinski definition) is 2. The van der Waals surface area contributed by atoms with E-state index in [4.69, 9.17) is 19.0 Å². The van der Waals surface area contributed by atoms with Crippen LogP contribution in [0.4, 0.5) is 0 Å². The Labute approximate surface area is 119 Å². The molecule has 0 atom stereocenters. The molecule has 0 aromatic carbocycles. The van der Waals surface area contributed by atoms with Crippen LogP contribution in [0.5, 0.6) is 0 Å². The zero-order valence-corrected chi connectivity index (χ0v) is 13.9. The summed E-state index contributed by atoms with van der Waals surface area (Å²) in [4.78, 5) is 0. The van der Waals surface area contributed by atoms with Crippen molar-refractivity contribution in [2.75, 3.05) is 39.5 Å². The van der Waals surface area contributed by atoms with E-state index in [9.17, 15) is 0 Å². The fourth-order valence-electron chi connectivity index (χ4n) is 1.94. The van der Waals surface area contributed by atoms with Crippen molar-refractivity contribution >= 4 is 8.80 Å². The van der Waals surface area contributed by atoms with Crippen LogP contribution in [0.1, 0.15) is 40.0 Å². The third kappa shape index (κ3) is 9.54. The molecule has 116 valence electrons. The molecule has 0 aromatic rings. The molecule has 0 saturated carbocycles. The fourth-order valence-corrected chi connectivity index (χ4v) is 4.63. The zero-order valence-electron chi connectivity index (χ0n) is 12.9. The first-order valence-corrected chi connectivity index (χ1v) is 9.50. The highest BCUT2D eigenvalue weighted by Gasteiger charge is 2.39. The second-order valence-corrected chi connectivity index (χ2v) is 7.06. The minimum Gasteiger partial charge on any atom is -0.374 e. The van der Waals surface area contributed by atoms with E-state index in [1.807, 2.05) is 20.8 Å². The Bertz CT molecular complexity index is 180. The lowest BCUT2D eigenvalue weighted by molar-refractivity contribution is 0.0707. The van der Waals surface area contributed by atoms with Crippen molar-refractivity contribution in [2.45, 2.75) is 46.1 Å². The summed E-state index contributed by atoms with van der Waals surface area (Å²) in [6.45, 7) is 10.7. The van der Waals surface area contributed by atoms with Crippen LogP contribution >= 0.6 is 0 Å². The molecule has 0 unspecified atom stereocenters. The zero-order chi connectivity index (χ0) is 14.4. The molecular weight excluding hydrogens is 260 g/mol. The fraction of sp³-hybridized carbons (Fsp3) is 1.00. The van der Waals surface area contributed by atoms with E-state index in [1.54, 1.807) is 0 Å². The summed E-state index contributed by atoms with van der Waals surface area (Å²) in [7, 11) is -2.42. The number of nitrogens with one attached hydrogen (secondary N) is 1. The molecule has 0 bridgehead atoms. The van der Waals surface area contributed by atoms with Crippen LogP contribution < -0.4 is 11.1 Å². The first-order valence-electron chi connectivity index (χ1n) is 7.57. The van der Waals surface area contributed by atoms with Gasteiger partial charge in [-0.3, -0.25) is 0 Å². The summed E-state index contributed by atoms with van der Waals surface area (Å²) < 4.78 is 17.4. The summed E-state index contributed by atoms with van der Waals surface area (Å²) >= 11 is 0. The van der Waals surface area contributed by atoms with Gasteiger partial charge in [0.25, 0.3) is 0 Å². The van der Waals surface area contributed by atoms with Gasteiger partial charge in [0.15, 0.2) is 0 Å². The highest BCUT2D eigenvalue weighted by Crippen LogP contribution is 2.19. The van der Waals surface area contributed by atoms with E-state index in [0.29, 0.717) is 19.8 Å². The normalized spacial score (nSPS) is 12.0. The van der Waals surface area contributed by atoms with Crippen LogP contribution in [0, 0.1) is 0 Å². The average Bonchev–Trinajstić information content (AvgIpc) is 2.39. The van der Waals surface area contributed by atoms with Gasteiger partial charge in [0.05, 0.1) is 0 Å². The van der Waals surface area contributed by atoms with E-state index in [1.165, 1.54) is 0 Å². The Balaban J connectivity index is 3.89. The maximum absolute atomic E-state index is 5.81. The largest absolute Gasteiger partial charge is 0.500 e. The summed E-state index contributed by atoms with van der Waals surface area (Å²) in [5, 5.41) is 3.38. The Morgan fingerprint density at radius 2 is 1.37 bits per heavy atom. The van der Waals surface area contributed by atoms with Gasteiger partial charge in [-0.1, -0.05) is 0 Å². The Kier molecular flexibility index (Phi) is 13.0. The Hall–Kier alpha value is 0.0169. The topological polar surface area (TPSA) is 65.7 Å². The predicted octanol–water partition coefficient (Wildman–Crippen LogP) is 1.75. The monoisotopic (exact) mass is 292 g/mol. The number of nitrogens with two attached hydrogens (primary N) is 1. The smallest absolute Gasteiger partial charge is 0.374 e. The van der Waals surface area contributed by atoms with Crippen molar-refractivity contribution in [3.63, 3.8) is 0 Å². The first kappa shape index (κ1) is 19.0. The van der Waals surface area contributed by atoms with Gasteiger partial charge in [0, 0.05) is 25.9 Å². The molecule has 0 saturated heterocycles. The summed E-state index contributed by atoms with van der Waals surface area (Å²) in [5.74, 6) is 0. The molecule has 0 aliphatic rings. The lowest BCUT2D eigenvalue weighted by Gasteiger charge is -2.28. The van der Waals surface area contributed by atoms with Crippen molar-refractivity contribution in [3.05, 3.63) is 0 Å². The average molecular weight is 292 g/mol. The molecule has 0 aliphatic carbocycles. The van der Waals surface area contributed by atoms with Crippen LogP contribution in [0.15, 0.2) is 0 Å². The molecule has 19 heavy (non-hydrogen) atoms. The number of hydrogen-bond acceptors (Lipinski definition) is 5. The van der Waals surface area contributed by atoms with Gasteiger partial charge in [-0.05, 0) is 59.7 Å². The van der Waals surface area contributed by atoms with Crippen molar-refractivity contribution in [1.82, 2.24) is 5.32 Å². The maximum Gasteiger partial charge on any atom is 0.500 e. The van der Waals surface area contributed by atoms with Gasteiger partial charge in [0.2, 0.25) is 0 Å². The Morgan fingerprint density at radius 1 is 0.842 bits per heavy atom. The number of rotatable bonds is 14. The third-order valence-electron chi connectivity index (χ3n) is 2.74. The summed E-state index contributed by atoms with van der Waals surface area (Å²) in [6, 6.07) is 0.904.